The third-order valence-corrected chi connectivity index (χ3v) is 3.03. The summed E-state index contributed by atoms with van der Waals surface area (Å²) in [4.78, 5) is 8.47. The Morgan fingerprint density at radius 2 is 2.06 bits per heavy atom. The fraction of sp³-hybridized carbons (Fsp3) is 0.231. The van der Waals surface area contributed by atoms with Crippen LogP contribution in [0.3, 0.4) is 0 Å². The van der Waals surface area contributed by atoms with Crippen LogP contribution < -0.4 is 5.32 Å². The zero-order valence-corrected chi connectivity index (χ0v) is 11.5. The molecule has 17 heavy (non-hydrogen) atoms. The highest BCUT2D eigenvalue weighted by atomic mass is 79.9. The SMILES string of the molecule is Cc1ccnc(NCc2ccc(Br)cc2C)n1. The van der Waals surface area contributed by atoms with Crippen molar-refractivity contribution >= 4 is 21.9 Å². The summed E-state index contributed by atoms with van der Waals surface area (Å²) >= 11 is 3.46. The number of aromatic nitrogens is 2. The molecule has 0 aliphatic heterocycles. The molecule has 1 aromatic heterocycles. The number of anilines is 1. The Labute approximate surface area is 109 Å². The molecule has 3 nitrogen and oxygen atoms in total. The molecule has 2 aromatic rings. The number of hydrogen-bond acceptors (Lipinski definition) is 3. The van der Waals surface area contributed by atoms with Crippen molar-refractivity contribution in [2.24, 2.45) is 0 Å². The molecule has 0 radical (unpaired) electrons. The van der Waals surface area contributed by atoms with E-state index in [0.717, 1.165) is 16.7 Å². The zero-order valence-electron chi connectivity index (χ0n) is 9.87. The molecule has 0 aliphatic rings. The molecule has 0 unspecified atom stereocenters. The van der Waals surface area contributed by atoms with Gasteiger partial charge < -0.3 is 5.32 Å². The first-order valence-corrected chi connectivity index (χ1v) is 6.23. The number of aryl methyl sites for hydroxylation is 2. The first kappa shape index (κ1) is 12.0. The number of rotatable bonds is 3. The Morgan fingerprint density at radius 1 is 1.24 bits per heavy atom. The van der Waals surface area contributed by atoms with E-state index in [4.69, 9.17) is 0 Å². The lowest BCUT2D eigenvalue weighted by molar-refractivity contribution is 1.02. The van der Waals surface area contributed by atoms with Crippen molar-refractivity contribution in [1.29, 1.82) is 0 Å². The Kier molecular flexibility index (Phi) is 3.74. The summed E-state index contributed by atoms with van der Waals surface area (Å²) in [5, 5.41) is 3.22. The van der Waals surface area contributed by atoms with E-state index in [1.807, 2.05) is 19.1 Å². The second kappa shape index (κ2) is 5.27. The van der Waals surface area contributed by atoms with Crippen LogP contribution in [0.1, 0.15) is 16.8 Å². The van der Waals surface area contributed by atoms with E-state index in [9.17, 15) is 0 Å². The molecule has 0 spiro atoms. The molecule has 0 amide bonds. The van der Waals surface area contributed by atoms with Crippen molar-refractivity contribution in [1.82, 2.24) is 9.97 Å². The molecule has 2 rings (SSSR count). The molecule has 0 aliphatic carbocycles. The third-order valence-electron chi connectivity index (χ3n) is 2.54. The molecule has 0 saturated carbocycles. The van der Waals surface area contributed by atoms with Crippen molar-refractivity contribution in [3.8, 4) is 0 Å². The van der Waals surface area contributed by atoms with Gasteiger partial charge in [-0.1, -0.05) is 22.0 Å². The Morgan fingerprint density at radius 3 is 2.76 bits per heavy atom. The molecular weight excluding hydrogens is 278 g/mol. The highest BCUT2D eigenvalue weighted by molar-refractivity contribution is 9.10. The first-order chi connectivity index (χ1) is 8.15. The minimum Gasteiger partial charge on any atom is -0.350 e. The highest BCUT2D eigenvalue weighted by Crippen LogP contribution is 2.16. The summed E-state index contributed by atoms with van der Waals surface area (Å²) in [6.45, 7) is 4.79. The van der Waals surface area contributed by atoms with Crippen LogP contribution in [0.15, 0.2) is 34.9 Å². The van der Waals surface area contributed by atoms with Gasteiger partial charge in [-0.05, 0) is 43.2 Å². The van der Waals surface area contributed by atoms with Crippen molar-refractivity contribution in [3.05, 3.63) is 51.8 Å². The normalized spacial score (nSPS) is 10.3. The van der Waals surface area contributed by atoms with Gasteiger partial charge in [-0.3, -0.25) is 0 Å². The number of benzene rings is 1. The van der Waals surface area contributed by atoms with Gasteiger partial charge in [0.05, 0.1) is 0 Å². The average Bonchev–Trinajstić information content (AvgIpc) is 2.28. The standard InChI is InChI=1S/C13H14BrN3/c1-9-7-12(14)4-3-11(9)8-16-13-15-6-5-10(2)17-13/h3-7H,8H2,1-2H3,(H,15,16,17). The summed E-state index contributed by atoms with van der Waals surface area (Å²) in [6.07, 6.45) is 1.76. The molecule has 0 fully saturated rings. The molecule has 0 saturated heterocycles. The quantitative estimate of drug-likeness (QED) is 0.941. The number of nitrogens with zero attached hydrogens (tertiary/aromatic N) is 2. The second-order valence-electron chi connectivity index (χ2n) is 3.95. The van der Waals surface area contributed by atoms with Gasteiger partial charge in [0.15, 0.2) is 0 Å². The summed E-state index contributed by atoms with van der Waals surface area (Å²) < 4.78 is 1.10. The maximum atomic E-state index is 4.30. The van der Waals surface area contributed by atoms with Gasteiger partial charge in [0.25, 0.3) is 0 Å². The molecule has 88 valence electrons. The van der Waals surface area contributed by atoms with Crippen LogP contribution in [0.2, 0.25) is 0 Å². The van der Waals surface area contributed by atoms with E-state index in [1.165, 1.54) is 11.1 Å². The minimum absolute atomic E-state index is 0.673. The largest absolute Gasteiger partial charge is 0.350 e. The van der Waals surface area contributed by atoms with Crippen LogP contribution in [-0.2, 0) is 6.54 Å². The van der Waals surface area contributed by atoms with E-state index >= 15 is 0 Å². The average molecular weight is 292 g/mol. The molecule has 0 bridgehead atoms. The first-order valence-electron chi connectivity index (χ1n) is 5.44. The molecule has 4 heteroatoms. The predicted molar refractivity (Wildman–Crippen MR) is 73.0 cm³/mol. The van der Waals surface area contributed by atoms with Crippen molar-refractivity contribution in [2.75, 3.05) is 5.32 Å². The van der Waals surface area contributed by atoms with Gasteiger partial charge in [0, 0.05) is 22.9 Å². The summed E-state index contributed by atoms with van der Waals surface area (Å²) in [5.74, 6) is 0.673. The summed E-state index contributed by atoms with van der Waals surface area (Å²) in [5.41, 5.74) is 3.47. The Hall–Kier alpha value is -1.42. The van der Waals surface area contributed by atoms with Gasteiger partial charge in [-0.25, -0.2) is 9.97 Å². The van der Waals surface area contributed by atoms with Gasteiger partial charge in [0.2, 0.25) is 5.95 Å². The highest BCUT2D eigenvalue weighted by Gasteiger charge is 2.00. The zero-order chi connectivity index (χ0) is 12.3. The number of hydrogen-bond donors (Lipinski definition) is 1. The lowest BCUT2D eigenvalue weighted by Crippen LogP contribution is -2.05. The second-order valence-corrected chi connectivity index (χ2v) is 4.86. The van der Waals surface area contributed by atoms with Crippen molar-refractivity contribution in [3.63, 3.8) is 0 Å². The van der Waals surface area contributed by atoms with Gasteiger partial charge in [0.1, 0.15) is 0 Å². The maximum Gasteiger partial charge on any atom is 0.223 e. The van der Waals surface area contributed by atoms with Crippen molar-refractivity contribution < 1.29 is 0 Å². The Balaban J connectivity index is 2.07. The van der Waals surface area contributed by atoms with Crippen LogP contribution in [0.25, 0.3) is 0 Å². The van der Waals surface area contributed by atoms with Gasteiger partial charge in [-0.15, -0.1) is 0 Å². The van der Waals surface area contributed by atoms with E-state index in [1.54, 1.807) is 6.20 Å². The fourth-order valence-electron chi connectivity index (χ4n) is 1.57. The number of halogens is 1. The summed E-state index contributed by atoms with van der Waals surface area (Å²) in [7, 11) is 0. The van der Waals surface area contributed by atoms with Crippen LogP contribution in [0, 0.1) is 13.8 Å². The predicted octanol–water partition coefficient (Wildman–Crippen LogP) is 3.47. The molecular formula is C13H14BrN3. The van der Waals surface area contributed by atoms with Crippen LogP contribution in [-0.4, -0.2) is 9.97 Å². The maximum absolute atomic E-state index is 4.30. The number of nitrogens with one attached hydrogen (secondary N) is 1. The topological polar surface area (TPSA) is 37.8 Å². The molecule has 0 atom stereocenters. The minimum atomic E-state index is 0.673. The third kappa shape index (κ3) is 3.27. The van der Waals surface area contributed by atoms with E-state index in [-0.39, 0.29) is 0 Å². The Bertz CT molecular complexity index is 526. The van der Waals surface area contributed by atoms with Crippen LogP contribution in [0.4, 0.5) is 5.95 Å². The molecule has 1 aromatic carbocycles. The van der Waals surface area contributed by atoms with E-state index in [2.05, 4.69) is 50.3 Å². The molecule has 1 heterocycles. The monoisotopic (exact) mass is 291 g/mol. The van der Waals surface area contributed by atoms with Gasteiger partial charge >= 0.3 is 0 Å². The van der Waals surface area contributed by atoms with Crippen LogP contribution >= 0.6 is 15.9 Å². The smallest absolute Gasteiger partial charge is 0.223 e. The van der Waals surface area contributed by atoms with Crippen LogP contribution in [0.5, 0.6) is 0 Å². The fourth-order valence-corrected chi connectivity index (χ4v) is 2.04. The van der Waals surface area contributed by atoms with E-state index < -0.39 is 0 Å². The summed E-state index contributed by atoms with van der Waals surface area (Å²) in [6, 6.07) is 8.13. The lowest BCUT2D eigenvalue weighted by atomic mass is 10.1. The lowest BCUT2D eigenvalue weighted by Gasteiger charge is -2.08. The van der Waals surface area contributed by atoms with Crippen molar-refractivity contribution in [2.45, 2.75) is 20.4 Å². The molecule has 1 N–H and O–H groups in total. The van der Waals surface area contributed by atoms with Gasteiger partial charge in [-0.2, -0.15) is 0 Å². The van der Waals surface area contributed by atoms with E-state index in [0.29, 0.717) is 5.95 Å².